The lowest BCUT2D eigenvalue weighted by Gasteiger charge is -2.35. The minimum atomic E-state index is -0.404. The molecule has 1 saturated heterocycles. The molecule has 0 bridgehead atoms. The third kappa shape index (κ3) is 2.86. The monoisotopic (exact) mass is 439 g/mol. The molecule has 1 amide bonds. The van der Waals surface area contributed by atoms with Crippen LogP contribution in [-0.4, -0.2) is 11.7 Å². The molecule has 0 aromatic heterocycles. The summed E-state index contributed by atoms with van der Waals surface area (Å²) in [6.07, 6.45) is 0. The molecule has 0 N–H and O–H groups in total. The van der Waals surface area contributed by atoms with Crippen LogP contribution in [0.5, 0.6) is 0 Å². The number of amides is 1. The van der Waals surface area contributed by atoms with Crippen LogP contribution in [0.15, 0.2) is 51.4 Å². The van der Waals surface area contributed by atoms with Crippen molar-refractivity contribution in [2.45, 2.75) is 18.7 Å². The fraction of sp³-hybridized carbons (Fsp3) is 0.235. The molecule has 2 nitrogen and oxygen atoms in total. The number of benzene rings is 2. The Labute approximate surface area is 151 Å². The highest BCUT2D eigenvalue weighted by atomic mass is 79.9. The lowest BCUT2D eigenvalue weighted by molar-refractivity contribution is -0.116. The quantitative estimate of drug-likeness (QED) is 0.616. The molecule has 0 aliphatic carbocycles. The number of rotatable bonds is 2. The van der Waals surface area contributed by atoms with Gasteiger partial charge in [0.15, 0.2) is 0 Å². The summed E-state index contributed by atoms with van der Waals surface area (Å²) in [6, 6.07) is 14.3. The fourth-order valence-electron chi connectivity index (χ4n) is 2.69. The lowest BCUT2D eigenvalue weighted by Crippen LogP contribution is -2.40. The van der Waals surface area contributed by atoms with Crippen LogP contribution in [-0.2, 0) is 9.67 Å². The third-order valence-corrected chi connectivity index (χ3v) is 6.13. The zero-order chi connectivity index (χ0) is 15.9. The van der Waals surface area contributed by atoms with Crippen molar-refractivity contribution < 1.29 is 4.79 Å². The average Bonchev–Trinajstić information content (AvgIpc) is 2.76. The minimum absolute atomic E-state index is 0.146. The lowest BCUT2D eigenvalue weighted by atomic mass is 10.0. The molecule has 1 aliphatic rings. The maximum atomic E-state index is 12.5. The zero-order valence-corrected chi connectivity index (χ0v) is 16.3. The van der Waals surface area contributed by atoms with E-state index in [1.54, 1.807) is 11.8 Å². The first-order chi connectivity index (χ1) is 10.4. The predicted molar refractivity (Wildman–Crippen MR) is 100 cm³/mol. The van der Waals surface area contributed by atoms with E-state index >= 15 is 0 Å². The Bertz CT molecular complexity index is 712. The van der Waals surface area contributed by atoms with Crippen LogP contribution >= 0.6 is 43.6 Å². The van der Waals surface area contributed by atoms with Gasteiger partial charge in [0.25, 0.3) is 0 Å². The summed E-state index contributed by atoms with van der Waals surface area (Å²) < 4.78 is 2.00. The van der Waals surface area contributed by atoms with Gasteiger partial charge in [0.2, 0.25) is 5.91 Å². The van der Waals surface area contributed by atoms with Gasteiger partial charge in [0.1, 0.15) is 4.87 Å². The van der Waals surface area contributed by atoms with Crippen LogP contribution in [0.2, 0.25) is 0 Å². The number of halogens is 2. The van der Waals surface area contributed by atoms with Crippen LogP contribution in [0, 0.1) is 6.92 Å². The van der Waals surface area contributed by atoms with Crippen molar-refractivity contribution in [1.29, 1.82) is 0 Å². The Morgan fingerprint density at radius 1 is 1.09 bits per heavy atom. The van der Waals surface area contributed by atoms with Gasteiger partial charge >= 0.3 is 0 Å². The molecule has 22 heavy (non-hydrogen) atoms. The van der Waals surface area contributed by atoms with Crippen LogP contribution in [0.3, 0.4) is 0 Å². The Morgan fingerprint density at radius 2 is 1.68 bits per heavy atom. The van der Waals surface area contributed by atoms with E-state index in [1.165, 1.54) is 5.56 Å². The molecule has 3 rings (SSSR count). The number of carbonyl (C=O) groups excluding carboxylic acids is 1. The van der Waals surface area contributed by atoms with Gasteiger partial charge < -0.3 is 0 Å². The molecule has 1 aliphatic heterocycles. The molecular weight excluding hydrogens is 426 g/mol. The summed E-state index contributed by atoms with van der Waals surface area (Å²) in [5.41, 5.74) is 3.24. The van der Waals surface area contributed by atoms with Crippen LogP contribution < -0.4 is 4.90 Å². The molecule has 2 aromatic rings. The average molecular weight is 441 g/mol. The van der Waals surface area contributed by atoms with E-state index in [9.17, 15) is 4.79 Å². The van der Waals surface area contributed by atoms with Crippen molar-refractivity contribution in [1.82, 2.24) is 0 Å². The van der Waals surface area contributed by atoms with Gasteiger partial charge in [0.05, 0.1) is 5.75 Å². The van der Waals surface area contributed by atoms with Crippen molar-refractivity contribution in [3.63, 3.8) is 0 Å². The summed E-state index contributed by atoms with van der Waals surface area (Å²) in [4.78, 5) is 14.0. The Balaban J connectivity index is 2.10. The minimum Gasteiger partial charge on any atom is -0.293 e. The van der Waals surface area contributed by atoms with E-state index in [0.29, 0.717) is 5.75 Å². The molecule has 5 heteroatoms. The van der Waals surface area contributed by atoms with E-state index in [0.717, 1.165) is 20.2 Å². The maximum absolute atomic E-state index is 12.5. The van der Waals surface area contributed by atoms with Gasteiger partial charge in [-0.15, -0.1) is 11.8 Å². The number of anilines is 1. The topological polar surface area (TPSA) is 20.3 Å². The Kier molecular flexibility index (Phi) is 4.40. The smallest absolute Gasteiger partial charge is 0.238 e. The Morgan fingerprint density at radius 3 is 2.27 bits per heavy atom. The molecule has 0 saturated carbocycles. The standard InChI is InChI=1S/C17H15Br2NOS/c1-11-3-5-15(6-4-11)20-16(21)10-22-17(20,2)12-7-13(18)9-14(19)8-12/h3-9H,10H2,1-2H3. The first-order valence-electron chi connectivity index (χ1n) is 6.90. The van der Waals surface area contributed by atoms with Crippen molar-refractivity contribution >= 4 is 55.2 Å². The first kappa shape index (κ1) is 16.1. The normalized spacial score (nSPS) is 21.5. The van der Waals surface area contributed by atoms with E-state index in [2.05, 4.69) is 57.8 Å². The molecule has 0 radical (unpaired) electrons. The van der Waals surface area contributed by atoms with Gasteiger partial charge in [-0.3, -0.25) is 9.69 Å². The molecule has 2 aromatic carbocycles. The van der Waals surface area contributed by atoms with Crippen molar-refractivity contribution in [3.8, 4) is 0 Å². The van der Waals surface area contributed by atoms with E-state index < -0.39 is 4.87 Å². The van der Waals surface area contributed by atoms with Crippen LogP contribution in [0.4, 0.5) is 5.69 Å². The maximum Gasteiger partial charge on any atom is 0.238 e. The van der Waals surface area contributed by atoms with Crippen molar-refractivity contribution in [3.05, 3.63) is 62.5 Å². The number of hydrogen-bond donors (Lipinski definition) is 0. The van der Waals surface area contributed by atoms with Crippen molar-refractivity contribution in [2.24, 2.45) is 0 Å². The SMILES string of the molecule is Cc1ccc(N2C(=O)CSC2(C)c2cc(Br)cc(Br)c2)cc1. The molecule has 114 valence electrons. The third-order valence-electron chi connectivity index (χ3n) is 3.84. The number of carbonyl (C=O) groups is 1. The van der Waals surface area contributed by atoms with Crippen molar-refractivity contribution in [2.75, 3.05) is 10.7 Å². The molecule has 0 spiro atoms. The van der Waals surface area contributed by atoms with E-state index in [1.807, 2.05) is 35.2 Å². The molecule has 1 atom stereocenters. The summed E-state index contributed by atoms with van der Waals surface area (Å²) >= 11 is 8.75. The predicted octanol–water partition coefficient (Wildman–Crippen LogP) is 5.47. The summed E-state index contributed by atoms with van der Waals surface area (Å²) in [6.45, 7) is 4.16. The second kappa shape index (κ2) is 6.02. The highest BCUT2D eigenvalue weighted by Gasteiger charge is 2.44. The number of aryl methyl sites for hydroxylation is 1. The molecular formula is C17H15Br2NOS. The van der Waals surface area contributed by atoms with E-state index in [-0.39, 0.29) is 5.91 Å². The van der Waals surface area contributed by atoms with Gasteiger partial charge in [-0.1, -0.05) is 49.6 Å². The van der Waals surface area contributed by atoms with Gasteiger partial charge in [-0.05, 0) is 49.7 Å². The van der Waals surface area contributed by atoms with Crippen LogP contribution in [0.25, 0.3) is 0 Å². The van der Waals surface area contributed by atoms with Crippen LogP contribution in [0.1, 0.15) is 18.1 Å². The van der Waals surface area contributed by atoms with Gasteiger partial charge in [-0.2, -0.15) is 0 Å². The largest absolute Gasteiger partial charge is 0.293 e. The Hall–Kier alpha value is -0.780. The second-order valence-corrected chi connectivity index (χ2v) is 8.70. The highest BCUT2D eigenvalue weighted by molar-refractivity contribution is 9.11. The highest BCUT2D eigenvalue weighted by Crippen LogP contribution is 2.48. The van der Waals surface area contributed by atoms with Gasteiger partial charge in [-0.25, -0.2) is 0 Å². The van der Waals surface area contributed by atoms with E-state index in [4.69, 9.17) is 0 Å². The summed E-state index contributed by atoms with van der Waals surface area (Å²) in [7, 11) is 0. The number of thioether (sulfide) groups is 1. The fourth-order valence-corrected chi connectivity index (χ4v) is 5.14. The summed E-state index contributed by atoms with van der Waals surface area (Å²) in [5, 5.41) is 0. The summed E-state index contributed by atoms with van der Waals surface area (Å²) in [5.74, 6) is 0.640. The second-order valence-electron chi connectivity index (χ2n) is 5.49. The number of nitrogens with zero attached hydrogens (tertiary/aromatic N) is 1. The first-order valence-corrected chi connectivity index (χ1v) is 9.47. The zero-order valence-electron chi connectivity index (χ0n) is 12.3. The number of hydrogen-bond acceptors (Lipinski definition) is 2. The molecule has 1 heterocycles. The molecule has 1 fully saturated rings. The molecule has 1 unspecified atom stereocenters. The van der Waals surface area contributed by atoms with Gasteiger partial charge in [0, 0.05) is 14.6 Å².